The number of halogens is 1. The minimum absolute atomic E-state index is 0.174. The Kier molecular flexibility index (Phi) is 2.10. The lowest BCUT2D eigenvalue weighted by Gasteiger charge is -2.15. The van der Waals surface area contributed by atoms with Crippen LogP contribution in [0.2, 0.25) is 0 Å². The third-order valence-corrected chi connectivity index (χ3v) is 2.96. The van der Waals surface area contributed by atoms with Crippen molar-refractivity contribution < 1.29 is 4.39 Å². The van der Waals surface area contributed by atoms with Crippen molar-refractivity contribution in [3.05, 3.63) is 83.2 Å². The summed E-state index contributed by atoms with van der Waals surface area (Å²) in [7, 11) is 0. The number of hydrogen-bond acceptors (Lipinski definition) is 0. The van der Waals surface area contributed by atoms with E-state index in [1.165, 1.54) is 17.2 Å². The van der Waals surface area contributed by atoms with Crippen molar-refractivity contribution in [3.63, 3.8) is 0 Å². The smallest absolute Gasteiger partial charge is 0.123 e. The fourth-order valence-corrected chi connectivity index (χ4v) is 2.13. The van der Waals surface area contributed by atoms with Crippen LogP contribution in [0.4, 0.5) is 4.39 Å². The van der Waals surface area contributed by atoms with Crippen molar-refractivity contribution in [1.82, 2.24) is 0 Å². The first-order valence-electron chi connectivity index (χ1n) is 5.37. The topological polar surface area (TPSA) is 0 Å². The molecule has 1 aromatic rings. The van der Waals surface area contributed by atoms with Crippen molar-refractivity contribution in [3.8, 4) is 0 Å². The van der Waals surface area contributed by atoms with Crippen LogP contribution in [0.3, 0.4) is 0 Å². The molecular formula is C15H11F. The number of hydrogen-bond donors (Lipinski definition) is 0. The molecule has 0 heterocycles. The van der Waals surface area contributed by atoms with Crippen LogP contribution >= 0.6 is 0 Å². The molecule has 0 aromatic heterocycles. The lowest BCUT2D eigenvalue weighted by Crippen LogP contribution is -1.98. The van der Waals surface area contributed by atoms with E-state index < -0.39 is 0 Å². The Morgan fingerprint density at radius 2 is 2.00 bits per heavy atom. The third-order valence-electron chi connectivity index (χ3n) is 2.96. The fraction of sp³-hybridized carbons (Fsp3) is 0.0667. The molecule has 1 heteroatoms. The van der Waals surface area contributed by atoms with Crippen molar-refractivity contribution >= 4 is 0 Å². The number of fused-ring (bicyclic) bond motifs is 1. The van der Waals surface area contributed by atoms with Crippen LogP contribution < -0.4 is 0 Å². The molecule has 0 nitrogen and oxygen atoms in total. The minimum Gasteiger partial charge on any atom is -0.207 e. The van der Waals surface area contributed by atoms with Crippen LogP contribution in [0.25, 0.3) is 0 Å². The molecule has 0 bridgehead atoms. The van der Waals surface area contributed by atoms with E-state index in [1.54, 1.807) is 12.1 Å². The predicted molar refractivity (Wildman–Crippen MR) is 63.6 cm³/mol. The van der Waals surface area contributed by atoms with E-state index in [0.29, 0.717) is 0 Å². The van der Waals surface area contributed by atoms with E-state index in [-0.39, 0.29) is 11.7 Å². The second kappa shape index (κ2) is 3.60. The van der Waals surface area contributed by atoms with Gasteiger partial charge in [-0.2, -0.15) is 0 Å². The highest BCUT2D eigenvalue weighted by atomic mass is 19.1. The molecule has 0 amide bonds. The SMILES string of the molecule is Fc1cccc(C2C=CC3=CC=CC3=C2)c1. The van der Waals surface area contributed by atoms with Crippen LogP contribution in [-0.4, -0.2) is 0 Å². The van der Waals surface area contributed by atoms with Crippen LogP contribution in [-0.2, 0) is 0 Å². The van der Waals surface area contributed by atoms with Gasteiger partial charge in [0.2, 0.25) is 0 Å². The highest BCUT2D eigenvalue weighted by molar-refractivity contribution is 5.58. The molecule has 78 valence electrons. The van der Waals surface area contributed by atoms with E-state index in [2.05, 4.69) is 30.4 Å². The van der Waals surface area contributed by atoms with E-state index in [0.717, 1.165) is 5.56 Å². The average Bonchev–Trinajstić information content (AvgIpc) is 2.75. The summed E-state index contributed by atoms with van der Waals surface area (Å²) in [5, 5.41) is 0. The molecule has 0 N–H and O–H groups in total. The molecule has 0 aliphatic heterocycles. The van der Waals surface area contributed by atoms with Gasteiger partial charge < -0.3 is 0 Å². The summed E-state index contributed by atoms with van der Waals surface area (Å²) in [5.74, 6) is 0.0122. The quantitative estimate of drug-likeness (QED) is 0.659. The second-order valence-corrected chi connectivity index (χ2v) is 4.04. The zero-order valence-corrected chi connectivity index (χ0v) is 8.73. The molecule has 16 heavy (non-hydrogen) atoms. The summed E-state index contributed by atoms with van der Waals surface area (Å²) in [6.45, 7) is 0. The Morgan fingerprint density at radius 1 is 1.06 bits per heavy atom. The molecule has 2 aliphatic carbocycles. The summed E-state index contributed by atoms with van der Waals surface area (Å²) in [4.78, 5) is 0. The minimum atomic E-state index is -0.174. The van der Waals surface area contributed by atoms with Gasteiger partial charge in [0, 0.05) is 5.92 Å². The lowest BCUT2D eigenvalue weighted by molar-refractivity contribution is 0.625. The van der Waals surface area contributed by atoms with Gasteiger partial charge >= 0.3 is 0 Å². The van der Waals surface area contributed by atoms with Crippen molar-refractivity contribution in [2.45, 2.75) is 5.92 Å². The molecule has 0 spiro atoms. The largest absolute Gasteiger partial charge is 0.207 e. The first-order chi connectivity index (χ1) is 7.83. The third kappa shape index (κ3) is 1.54. The van der Waals surface area contributed by atoms with Crippen molar-refractivity contribution in [2.24, 2.45) is 0 Å². The molecule has 0 saturated carbocycles. The molecule has 0 fully saturated rings. The van der Waals surface area contributed by atoms with Crippen LogP contribution in [0, 0.1) is 5.82 Å². The van der Waals surface area contributed by atoms with Gasteiger partial charge in [-0.3, -0.25) is 0 Å². The predicted octanol–water partition coefficient (Wildman–Crippen LogP) is 3.90. The Balaban J connectivity index is 1.98. The van der Waals surface area contributed by atoms with Crippen molar-refractivity contribution in [2.75, 3.05) is 0 Å². The molecule has 1 aromatic carbocycles. The molecule has 1 unspecified atom stereocenters. The summed E-state index contributed by atoms with van der Waals surface area (Å²) >= 11 is 0. The Morgan fingerprint density at radius 3 is 2.88 bits per heavy atom. The normalized spacial score (nSPS) is 21.7. The summed E-state index contributed by atoms with van der Waals surface area (Å²) < 4.78 is 13.1. The molecular weight excluding hydrogens is 199 g/mol. The van der Waals surface area contributed by atoms with E-state index in [9.17, 15) is 4.39 Å². The molecule has 2 aliphatic rings. The number of rotatable bonds is 1. The van der Waals surface area contributed by atoms with E-state index >= 15 is 0 Å². The number of allylic oxidation sites excluding steroid dienone is 8. The van der Waals surface area contributed by atoms with Crippen LogP contribution in [0.15, 0.2) is 71.9 Å². The highest BCUT2D eigenvalue weighted by Crippen LogP contribution is 2.31. The average molecular weight is 210 g/mol. The summed E-state index contributed by atoms with van der Waals surface area (Å²) in [6, 6.07) is 6.79. The first kappa shape index (κ1) is 9.34. The molecule has 0 radical (unpaired) electrons. The van der Waals surface area contributed by atoms with E-state index in [1.807, 2.05) is 12.1 Å². The maximum Gasteiger partial charge on any atom is 0.123 e. The van der Waals surface area contributed by atoms with Gasteiger partial charge in [0.15, 0.2) is 0 Å². The van der Waals surface area contributed by atoms with Gasteiger partial charge in [-0.05, 0) is 28.8 Å². The first-order valence-corrected chi connectivity index (χ1v) is 5.37. The summed E-state index contributed by atoms with van der Waals surface area (Å²) in [5.41, 5.74) is 3.48. The van der Waals surface area contributed by atoms with Crippen LogP contribution in [0.1, 0.15) is 11.5 Å². The summed E-state index contributed by atoms with van der Waals surface area (Å²) in [6.07, 6.45) is 12.6. The Labute approximate surface area is 94.1 Å². The number of benzene rings is 1. The van der Waals surface area contributed by atoms with Gasteiger partial charge in [0.05, 0.1) is 0 Å². The van der Waals surface area contributed by atoms with Gasteiger partial charge in [0.1, 0.15) is 5.82 Å². The van der Waals surface area contributed by atoms with Crippen LogP contribution in [0.5, 0.6) is 0 Å². The van der Waals surface area contributed by atoms with Gasteiger partial charge in [-0.15, -0.1) is 0 Å². The highest BCUT2D eigenvalue weighted by Gasteiger charge is 2.14. The zero-order valence-electron chi connectivity index (χ0n) is 8.73. The molecule has 0 saturated heterocycles. The maximum atomic E-state index is 13.1. The molecule has 1 atom stereocenters. The van der Waals surface area contributed by atoms with E-state index in [4.69, 9.17) is 0 Å². The Hall–Kier alpha value is -1.89. The maximum absolute atomic E-state index is 13.1. The van der Waals surface area contributed by atoms with Gasteiger partial charge in [0.25, 0.3) is 0 Å². The fourth-order valence-electron chi connectivity index (χ4n) is 2.13. The van der Waals surface area contributed by atoms with Gasteiger partial charge in [-0.1, -0.05) is 48.6 Å². The zero-order chi connectivity index (χ0) is 11.0. The second-order valence-electron chi connectivity index (χ2n) is 4.04. The van der Waals surface area contributed by atoms with Crippen molar-refractivity contribution in [1.29, 1.82) is 0 Å². The standard InChI is InChI=1S/C15H11F/c16-15-6-2-5-13(10-15)14-8-7-11-3-1-4-12(11)9-14/h1-10,14H. The molecule has 3 rings (SSSR count). The van der Waals surface area contributed by atoms with Gasteiger partial charge in [-0.25, -0.2) is 4.39 Å². The monoisotopic (exact) mass is 210 g/mol. The Bertz CT molecular complexity index is 544. The lowest BCUT2D eigenvalue weighted by atomic mass is 9.90.